The summed E-state index contributed by atoms with van der Waals surface area (Å²) in [5.74, 6) is 1.59. The maximum Gasteiger partial charge on any atom is 0.164 e. The Balaban J connectivity index is 1.52. The van der Waals surface area contributed by atoms with E-state index < -0.39 is 0 Å². The van der Waals surface area contributed by atoms with Gasteiger partial charge < -0.3 is 9.47 Å². The van der Waals surface area contributed by atoms with E-state index in [1.807, 2.05) is 18.7 Å². The Bertz CT molecular complexity index is 1070. The molecule has 3 heterocycles. The Morgan fingerprint density at radius 1 is 1.00 bits per heavy atom. The summed E-state index contributed by atoms with van der Waals surface area (Å²) in [7, 11) is 0. The topological polar surface area (TPSA) is 46.8 Å². The fraction of sp³-hybridized carbons (Fsp3) is 0.292. The highest BCUT2D eigenvalue weighted by Crippen LogP contribution is 2.43. The van der Waals surface area contributed by atoms with Crippen LogP contribution < -0.4 is 4.90 Å². The predicted octanol–water partition coefficient (Wildman–Crippen LogP) is 5.12. The lowest BCUT2D eigenvalue weighted by Gasteiger charge is -2.32. The van der Waals surface area contributed by atoms with E-state index in [1.165, 1.54) is 35.4 Å². The summed E-state index contributed by atoms with van der Waals surface area (Å²) in [6, 6.07) is 13.2. The van der Waals surface area contributed by atoms with E-state index in [0.717, 1.165) is 17.9 Å². The van der Waals surface area contributed by atoms with Gasteiger partial charge in [0.2, 0.25) is 0 Å². The molecule has 2 aliphatic rings. The molecule has 0 spiro atoms. The van der Waals surface area contributed by atoms with Crippen molar-refractivity contribution in [1.29, 1.82) is 0 Å². The zero-order chi connectivity index (χ0) is 19.8. The smallest absolute Gasteiger partial charge is 0.164 e. The third-order valence-electron chi connectivity index (χ3n) is 5.69. The van der Waals surface area contributed by atoms with Crippen LogP contribution in [-0.2, 0) is 0 Å². The maximum atomic E-state index is 4.38. The Labute approximate surface area is 171 Å². The molecule has 0 atom stereocenters. The van der Waals surface area contributed by atoms with Gasteiger partial charge in [0.15, 0.2) is 5.82 Å². The normalized spacial score (nSPS) is 16.7. The summed E-state index contributed by atoms with van der Waals surface area (Å²) in [6.07, 6.45) is 12.7. The molecular weight excluding hydrogens is 358 g/mol. The van der Waals surface area contributed by atoms with Gasteiger partial charge in [-0.25, -0.2) is 0 Å². The van der Waals surface area contributed by atoms with Crippen molar-refractivity contribution >= 4 is 11.3 Å². The molecule has 0 radical (unpaired) electrons. The van der Waals surface area contributed by atoms with E-state index in [9.17, 15) is 0 Å². The summed E-state index contributed by atoms with van der Waals surface area (Å²) >= 11 is 0. The standard InChI is InChI=1S/C24H25N5/c1-17(2)29-16-26-27-24(29)20-4-3-5-22(14-20)28-15-21(18-10-12-25-13-11-18)8-9-23(28)19-6-7-19/h3-5,8-14,16-17,19H,6-7,15H2,1-2H3. The molecule has 0 unspecified atom stereocenters. The molecule has 29 heavy (non-hydrogen) atoms. The average Bonchev–Trinajstić information content (AvgIpc) is 3.49. The van der Waals surface area contributed by atoms with Gasteiger partial charge in [0.05, 0.1) is 0 Å². The lowest BCUT2D eigenvalue weighted by atomic mass is 10.0. The number of pyridine rings is 1. The zero-order valence-electron chi connectivity index (χ0n) is 16.9. The second-order valence-corrected chi connectivity index (χ2v) is 8.09. The maximum absolute atomic E-state index is 4.38. The highest BCUT2D eigenvalue weighted by Gasteiger charge is 2.32. The highest BCUT2D eigenvalue weighted by atomic mass is 15.3. The summed E-state index contributed by atoms with van der Waals surface area (Å²) in [5.41, 5.74) is 6.27. The van der Waals surface area contributed by atoms with Gasteiger partial charge in [0, 0.05) is 41.9 Å². The van der Waals surface area contributed by atoms with E-state index in [-0.39, 0.29) is 0 Å². The van der Waals surface area contributed by atoms with Gasteiger partial charge in [-0.1, -0.05) is 18.2 Å². The van der Waals surface area contributed by atoms with Crippen molar-refractivity contribution in [2.45, 2.75) is 32.7 Å². The van der Waals surface area contributed by atoms with Gasteiger partial charge >= 0.3 is 0 Å². The van der Waals surface area contributed by atoms with Crippen molar-refractivity contribution in [1.82, 2.24) is 19.7 Å². The minimum Gasteiger partial charge on any atom is -0.340 e. The Morgan fingerprint density at radius 2 is 1.83 bits per heavy atom. The molecule has 0 bridgehead atoms. The van der Waals surface area contributed by atoms with Gasteiger partial charge in [-0.05, 0) is 74.1 Å². The number of rotatable bonds is 5. The van der Waals surface area contributed by atoms with Crippen molar-refractivity contribution in [3.63, 3.8) is 0 Å². The van der Waals surface area contributed by atoms with Crippen molar-refractivity contribution in [2.24, 2.45) is 5.92 Å². The molecule has 2 aromatic heterocycles. The first-order valence-corrected chi connectivity index (χ1v) is 10.3. The molecule has 5 nitrogen and oxygen atoms in total. The van der Waals surface area contributed by atoms with Crippen LogP contribution in [-0.4, -0.2) is 26.3 Å². The highest BCUT2D eigenvalue weighted by molar-refractivity contribution is 5.77. The van der Waals surface area contributed by atoms with Crippen molar-refractivity contribution in [3.05, 3.63) is 78.5 Å². The second kappa shape index (κ2) is 7.32. The van der Waals surface area contributed by atoms with Crippen LogP contribution in [0, 0.1) is 5.92 Å². The van der Waals surface area contributed by atoms with Crippen LogP contribution in [0.2, 0.25) is 0 Å². The molecule has 0 amide bonds. The quantitative estimate of drug-likeness (QED) is 0.614. The predicted molar refractivity (Wildman–Crippen MR) is 116 cm³/mol. The molecular formula is C24H25N5. The first-order chi connectivity index (χ1) is 14.2. The first-order valence-electron chi connectivity index (χ1n) is 10.3. The zero-order valence-corrected chi connectivity index (χ0v) is 16.9. The molecule has 146 valence electrons. The molecule has 3 aromatic rings. The van der Waals surface area contributed by atoms with Gasteiger partial charge in [-0.2, -0.15) is 0 Å². The van der Waals surface area contributed by atoms with E-state index in [1.54, 1.807) is 0 Å². The molecule has 1 saturated carbocycles. The minimum absolute atomic E-state index is 0.321. The van der Waals surface area contributed by atoms with Crippen molar-refractivity contribution < 1.29 is 0 Å². The summed E-state index contributed by atoms with van der Waals surface area (Å²) in [6.45, 7) is 5.18. The lowest BCUT2D eigenvalue weighted by Crippen LogP contribution is -2.28. The third kappa shape index (κ3) is 3.48. The molecule has 1 aromatic carbocycles. The minimum atomic E-state index is 0.321. The Morgan fingerprint density at radius 3 is 2.59 bits per heavy atom. The number of allylic oxidation sites excluding steroid dienone is 3. The first kappa shape index (κ1) is 17.9. The van der Waals surface area contributed by atoms with Crippen LogP contribution in [0.25, 0.3) is 17.0 Å². The number of benzene rings is 1. The lowest BCUT2D eigenvalue weighted by molar-refractivity contribution is 0.604. The molecule has 5 rings (SSSR count). The number of anilines is 1. The SMILES string of the molecule is CC(C)n1cnnc1-c1cccc(N2CC(c3ccncc3)=CC=C2C2CC2)c1. The van der Waals surface area contributed by atoms with Gasteiger partial charge in [0.1, 0.15) is 6.33 Å². The molecule has 5 heteroatoms. The fourth-order valence-corrected chi connectivity index (χ4v) is 3.96. The van der Waals surface area contributed by atoms with Gasteiger partial charge in [0.25, 0.3) is 0 Å². The summed E-state index contributed by atoms with van der Waals surface area (Å²) in [4.78, 5) is 6.63. The van der Waals surface area contributed by atoms with Crippen LogP contribution in [0.5, 0.6) is 0 Å². The summed E-state index contributed by atoms with van der Waals surface area (Å²) in [5, 5.41) is 8.52. The Kier molecular flexibility index (Phi) is 4.51. The number of aromatic nitrogens is 4. The van der Waals surface area contributed by atoms with Crippen LogP contribution >= 0.6 is 0 Å². The molecule has 1 aliphatic carbocycles. The van der Waals surface area contributed by atoms with Crippen molar-refractivity contribution in [3.8, 4) is 11.4 Å². The molecule has 0 N–H and O–H groups in total. The van der Waals surface area contributed by atoms with Crippen LogP contribution in [0.3, 0.4) is 0 Å². The average molecular weight is 383 g/mol. The largest absolute Gasteiger partial charge is 0.340 e. The number of hydrogen-bond donors (Lipinski definition) is 0. The third-order valence-corrected chi connectivity index (χ3v) is 5.69. The van der Waals surface area contributed by atoms with Gasteiger partial charge in [-0.15, -0.1) is 10.2 Å². The van der Waals surface area contributed by atoms with E-state index >= 15 is 0 Å². The van der Waals surface area contributed by atoms with E-state index in [0.29, 0.717) is 12.0 Å². The Hall–Kier alpha value is -3.21. The van der Waals surface area contributed by atoms with Gasteiger partial charge in [-0.3, -0.25) is 4.98 Å². The summed E-state index contributed by atoms with van der Waals surface area (Å²) < 4.78 is 2.12. The van der Waals surface area contributed by atoms with E-state index in [4.69, 9.17) is 0 Å². The fourth-order valence-electron chi connectivity index (χ4n) is 3.96. The second-order valence-electron chi connectivity index (χ2n) is 8.09. The molecule has 0 saturated heterocycles. The van der Waals surface area contributed by atoms with Crippen LogP contribution in [0.1, 0.15) is 38.3 Å². The van der Waals surface area contributed by atoms with Crippen LogP contribution in [0.4, 0.5) is 5.69 Å². The van der Waals surface area contributed by atoms with Crippen molar-refractivity contribution in [2.75, 3.05) is 11.4 Å². The van der Waals surface area contributed by atoms with E-state index in [2.05, 4.69) is 87.0 Å². The monoisotopic (exact) mass is 383 g/mol. The molecule has 1 fully saturated rings. The molecule has 1 aliphatic heterocycles. The van der Waals surface area contributed by atoms with Crippen LogP contribution in [0.15, 0.2) is 73.0 Å². The number of hydrogen-bond acceptors (Lipinski definition) is 4. The number of nitrogens with zero attached hydrogens (tertiary/aromatic N) is 5.